The van der Waals surface area contributed by atoms with E-state index in [1.165, 1.54) is 0 Å². The van der Waals surface area contributed by atoms with Crippen molar-refractivity contribution < 1.29 is 14.1 Å². The van der Waals surface area contributed by atoms with Gasteiger partial charge in [0.15, 0.2) is 5.82 Å². The summed E-state index contributed by atoms with van der Waals surface area (Å²) in [6.45, 7) is 9.02. The molecule has 2 aliphatic heterocycles. The molecule has 0 spiro atoms. The number of carbonyl (C=O) groups is 1. The highest BCUT2D eigenvalue weighted by Gasteiger charge is 2.34. The average molecular weight is 337 g/mol. The minimum Gasteiger partial charge on any atom is -0.378 e. The van der Waals surface area contributed by atoms with Crippen molar-refractivity contribution in [1.82, 2.24) is 24.8 Å². The van der Waals surface area contributed by atoms with Gasteiger partial charge in [0, 0.05) is 39.1 Å². The van der Waals surface area contributed by atoms with Crippen molar-refractivity contribution in [2.45, 2.75) is 38.9 Å². The summed E-state index contributed by atoms with van der Waals surface area (Å²) in [6.07, 6.45) is 1.05. The first kappa shape index (κ1) is 17.3. The van der Waals surface area contributed by atoms with Gasteiger partial charge in [0.05, 0.1) is 25.8 Å². The number of likely N-dealkylation sites (tertiary alicyclic amines) is 1. The van der Waals surface area contributed by atoms with Crippen molar-refractivity contribution >= 4 is 5.91 Å². The molecule has 0 saturated carbocycles. The standard InChI is InChI=1S/C16H27N5O3/c1-12(16(22)20-6-8-23-9-7-20)21-5-4-14(10-21)19(3)11-15-17-13(2)24-18-15/h12,14H,4-11H2,1-3H3/t12-,14+/m0/s1. The molecule has 1 aromatic heterocycles. The van der Waals surface area contributed by atoms with Crippen molar-refractivity contribution in [1.29, 1.82) is 0 Å². The number of morpholine rings is 1. The van der Waals surface area contributed by atoms with Gasteiger partial charge in [0.2, 0.25) is 11.8 Å². The molecule has 3 heterocycles. The maximum Gasteiger partial charge on any atom is 0.239 e. The number of hydrogen-bond donors (Lipinski definition) is 0. The van der Waals surface area contributed by atoms with Gasteiger partial charge in [-0.25, -0.2) is 0 Å². The van der Waals surface area contributed by atoms with E-state index in [1.54, 1.807) is 6.92 Å². The van der Waals surface area contributed by atoms with Crippen LogP contribution < -0.4 is 0 Å². The summed E-state index contributed by atoms with van der Waals surface area (Å²) in [5, 5.41) is 3.96. The van der Waals surface area contributed by atoms with Crippen LogP contribution in [-0.2, 0) is 16.1 Å². The van der Waals surface area contributed by atoms with Gasteiger partial charge in [-0.05, 0) is 20.4 Å². The first-order valence-corrected chi connectivity index (χ1v) is 8.64. The van der Waals surface area contributed by atoms with Crippen LogP contribution in [0.15, 0.2) is 4.52 Å². The topological polar surface area (TPSA) is 74.9 Å². The lowest BCUT2D eigenvalue weighted by molar-refractivity contribution is -0.140. The zero-order chi connectivity index (χ0) is 17.1. The van der Waals surface area contributed by atoms with Crippen molar-refractivity contribution in [2.75, 3.05) is 46.4 Å². The fourth-order valence-corrected chi connectivity index (χ4v) is 3.44. The van der Waals surface area contributed by atoms with Gasteiger partial charge in [-0.15, -0.1) is 0 Å². The molecule has 0 unspecified atom stereocenters. The maximum atomic E-state index is 12.6. The number of amides is 1. The Morgan fingerprint density at radius 3 is 2.79 bits per heavy atom. The molecule has 8 heteroatoms. The van der Waals surface area contributed by atoms with Crippen LogP contribution in [0, 0.1) is 6.92 Å². The van der Waals surface area contributed by atoms with Crippen LogP contribution in [0.1, 0.15) is 25.1 Å². The second kappa shape index (κ2) is 7.58. The van der Waals surface area contributed by atoms with Gasteiger partial charge in [-0.1, -0.05) is 5.16 Å². The first-order valence-electron chi connectivity index (χ1n) is 8.64. The molecular weight excluding hydrogens is 310 g/mol. The van der Waals surface area contributed by atoms with Crippen LogP contribution in [0.25, 0.3) is 0 Å². The number of nitrogens with zero attached hydrogens (tertiary/aromatic N) is 5. The van der Waals surface area contributed by atoms with E-state index in [2.05, 4.69) is 27.0 Å². The molecule has 24 heavy (non-hydrogen) atoms. The van der Waals surface area contributed by atoms with Crippen molar-refractivity contribution in [3.05, 3.63) is 11.7 Å². The van der Waals surface area contributed by atoms with E-state index in [1.807, 2.05) is 11.8 Å². The molecule has 2 fully saturated rings. The third-order valence-electron chi connectivity index (χ3n) is 5.01. The smallest absolute Gasteiger partial charge is 0.239 e. The molecule has 0 N–H and O–H groups in total. The lowest BCUT2D eigenvalue weighted by atomic mass is 10.2. The maximum absolute atomic E-state index is 12.6. The minimum absolute atomic E-state index is 0.0751. The second-order valence-corrected chi connectivity index (χ2v) is 6.70. The Labute approximate surface area is 142 Å². The molecule has 0 aromatic carbocycles. The van der Waals surface area contributed by atoms with E-state index in [-0.39, 0.29) is 11.9 Å². The Morgan fingerprint density at radius 2 is 2.12 bits per heavy atom. The summed E-state index contributed by atoms with van der Waals surface area (Å²) >= 11 is 0. The molecule has 0 bridgehead atoms. The van der Waals surface area contributed by atoms with Crippen LogP contribution in [0.2, 0.25) is 0 Å². The number of carbonyl (C=O) groups excluding carboxylic acids is 1. The highest BCUT2D eigenvalue weighted by Crippen LogP contribution is 2.19. The van der Waals surface area contributed by atoms with E-state index in [4.69, 9.17) is 9.26 Å². The molecule has 134 valence electrons. The Hall–Kier alpha value is -1.51. The van der Waals surface area contributed by atoms with Gasteiger partial charge < -0.3 is 14.2 Å². The Morgan fingerprint density at radius 1 is 1.38 bits per heavy atom. The molecule has 2 atom stereocenters. The lowest BCUT2D eigenvalue weighted by Crippen LogP contribution is -2.50. The third kappa shape index (κ3) is 3.93. The molecule has 3 rings (SSSR count). The SMILES string of the molecule is Cc1nc(CN(C)[C@@H]2CCN([C@@H](C)C(=O)N3CCOCC3)C2)no1. The van der Waals surface area contributed by atoms with Crippen molar-refractivity contribution in [2.24, 2.45) is 0 Å². The van der Waals surface area contributed by atoms with Gasteiger partial charge in [0.1, 0.15) is 0 Å². The zero-order valence-electron chi connectivity index (χ0n) is 14.8. The predicted octanol–water partition coefficient (Wildman–Crippen LogP) is 0.131. The van der Waals surface area contributed by atoms with Crippen LogP contribution in [0.3, 0.4) is 0 Å². The highest BCUT2D eigenvalue weighted by atomic mass is 16.5. The average Bonchev–Trinajstić information content (AvgIpc) is 3.23. The quantitative estimate of drug-likeness (QED) is 0.756. The number of rotatable bonds is 5. The molecule has 8 nitrogen and oxygen atoms in total. The largest absolute Gasteiger partial charge is 0.378 e. The van der Waals surface area contributed by atoms with E-state index in [9.17, 15) is 4.79 Å². The molecule has 2 aliphatic rings. The van der Waals surface area contributed by atoms with E-state index >= 15 is 0 Å². The predicted molar refractivity (Wildman–Crippen MR) is 87.3 cm³/mol. The Balaban J connectivity index is 1.51. The highest BCUT2D eigenvalue weighted by molar-refractivity contribution is 5.81. The van der Waals surface area contributed by atoms with Crippen LogP contribution in [-0.4, -0.2) is 89.3 Å². The molecular formula is C16H27N5O3. The van der Waals surface area contributed by atoms with Gasteiger partial charge >= 0.3 is 0 Å². The van der Waals surface area contributed by atoms with Gasteiger partial charge in [0.25, 0.3) is 0 Å². The fraction of sp³-hybridized carbons (Fsp3) is 0.812. The molecule has 0 aliphatic carbocycles. The summed E-state index contributed by atoms with van der Waals surface area (Å²) in [4.78, 5) is 23.3. The van der Waals surface area contributed by atoms with Crippen LogP contribution >= 0.6 is 0 Å². The summed E-state index contributed by atoms with van der Waals surface area (Å²) in [6, 6.07) is 0.331. The number of aryl methyl sites for hydroxylation is 1. The number of ether oxygens (including phenoxy) is 1. The molecule has 1 aromatic rings. The number of hydrogen-bond acceptors (Lipinski definition) is 7. The summed E-state index contributed by atoms with van der Waals surface area (Å²) in [5.74, 6) is 1.53. The second-order valence-electron chi connectivity index (χ2n) is 6.70. The molecule has 1 amide bonds. The van der Waals surface area contributed by atoms with E-state index in [0.717, 1.165) is 19.5 Å². The third-order valence-corrected chi connectivity index (χ3v) is 5.01. The summed E-state index contributed by atoms with van der Waals surface area (Å²) in [5.41, 5.74) is 0. The fourth-order valence-electron chi connectivity index (χ4n) is 3.44. The monoisotopic (exact) mass is 337 g/mol. The normalized spacial score (nSPS) is 23.8. The molecule has 2 saturated heterocycles. The lowest BCUT2D eigenvalue weighted by Gasteiger charge is -2.33. The number of likely N-dealkylation sites (N-methyl/N-ethyl adjacent to an activating group) is 1. The zero-order valence-corrected chi connectivity index (χ0v) is 14.8. The number of aromatic nitrogens is 2. The van der Waals surface area contributed by atoms with Crippen LogP contribution in [0.5, 0.6) is 0 Å². The van der Waals surface area contributed by atoms with E-state index in [0.29, 0.717) is 50.6 Å². The van der Waals surface area contributed by atoms with Crippen molar-refractivity contribution in [3.8, 4) is 0 Å². The van der Waals surface area contributed by atoms with Crippen LogP contribution in [0.4, 0.5) is 0 Å². The van der Waals surface area contributed by atoms with Gasteiger partial charge in [-0.3, -0.25) is 14.6 Å². The Bertz CT molecular complexity index is 558. The first-order chi connectivity index (χ1) is 11.5. The van der Waals surface area contributed by atoms with Gasteiger partial charge in [-0.2, -0.15) is 4.98 Å². The molecule has 0 radical (unpaired) electrons. The van der Waals surface area contributed by atoms with E-state index < -0.39 is 0 Å². The summed E-state index contributed by atoms with van der Waals surface area (Å²) in [7, 11) is 2.08. The Kier molecular flexibility index (Phi) is 5.47. The van der Waals surface area contributed by atoms with Crippen molar-refractivity contribution in [3.63, 3.8) is 0 Å². The summed E-state index contributed by atoms with van der Waals surface area (Å²) < 4.78 is 10.4. The minimum atomic E-state index is -0.0751.